The van der Waals surface area contributed by atoms with Gasteiger partial charge in [-0.15, -0.1) is 0 Å². The highest BCUT2D eigenvalue weighted by Crippen LogP contribution is 2.30. The zero-order valence-electron chi connectivity index (χ0n) is 10.2. The number of hydrogen-bond acceptors (Lipinski definition) is 5. The molecule has 2 rings (SSSR count). The number of aromatic nitrogens is 3. The van der Waals surface area contributed by atoms with Crippen molar-refractivity contribution in [2.45, 2.75) is 13.3 Å². The maximum atomic E-state index is 10.8. The van der Waals surface area contributed by atoms with Gasteiger partial charge in [-0.05, 0) is 22.9 Å². The Morgan fingerprint density at radius 2 is 2.32 bits per heavy atom. The number of hydrogen-bond donors (Lipinski definition) is 2. The van der Waals surface area contributed by atoms with Crippen LogP contribution in [0.25, 0.3) is 0 Å². The first-order chi connectivity index (χ1) is 9.09. The first-order valence-electron chi connectivity index (χ1n) is 5.60. The molecule has 2 aromatic heterocycles. The van der Waals surface area contributed by atoms with Gasteiger partial charge in [-0.1, -0.05) is 0 Å². The predicted molar refractivity (Wildman–Crippen MR) is 74.1 cm³/mol. The first-order valence-corrected chi connectivity index (χ1v) is 6.39. The van der Waals surface area contributed by atoms with Gasteiger partial charge in [-0.3, -0.25) is 10.1 Å². The molecule has 2 aromatic rings. The maximum Gasteiger partial charge on any atom is 0.291 e. The molecule has 0 unspecified atom stereocenters. The minimum Gasteiger partial charge on any atom is -0.369 e. The van der Waals surface area contributed by atoms with Crippen LogP contribution >= 0.6 is 15.9 Å². The molecular formula is C11H12BrN5O2. The molecule has 0 aromatic carbocycles. The molecule has 0 saturated carbocycles. The molecule has 0 aliphatic rings. The lowest BCUT2D eigenvalue weighted by Gasteiger charge is -2.08. The summed E-state index contributed by atoms with van der Waals surface area (Å²) in [6, 6.07) is 0. The third kappa shape index (κ3) is 3.08. The lowest BCUT2D eigenvalue weighted by Crippen LogP contribution is -2.08. The molecule has 0 aliphatic heterocycles. The normalized spacial score (nSPS) is 10.4. The Bertz CT molecular complexity index is 585. The topological polar surface area (TPSA) is 96.7 Å². The number of aromatic amines is 1. The van der Waals surface area contributed by atoms with Gasteiger partial charge >= 0.3 is 0 Å². The molecule has 0 atom stereocenters. The first kappa shape index (κ1) is 13.5. The van der Waals surface area contributed by atoms with Crippen LogP contribution in [-0.2, 0) is 6.42 Å². The van der Waals surface area contributed by atoms with Gasteiger partial charge < -0.3 is 10.3 Å². The van der Waals surface area contributed by atoms with Crippen LogP contribution in [-0.4, -0.2) is 26.4 Å². The van der Waals surface area contributed by atoms with Crippen molar-refractivity contribution in [3.63, 3.8) is 0 Å². The lowest BCUT2D eigenvalue weighted by atomic mass is 10.2. The van der Waals surface area contributed by atoms with E-state index in [4.69, 9.17) is 0 Å². The number of H-pyrrole nitrogens is 1. The standard InChI is InChI=1S/C11H12BrN5O2/c1-7-9(17(18)19)5-15-11(10(7)12)14-3-2-8-4-13-6-16-8/h4-6H,2-3H2,1H3,(H,13,16)(H,14,15). The molecule has 0 saturated heterocycles. The quantitative estimate of drug-likeness (QED) is 0.650. The fourth-order valence-electron chi connectivity index (χ4n) is 1.61. The Morgan fingerprint density at radius 3 is 2.95 bits per heavy atom. The molecule has 0 bridgehead atoms. The maximum absolute atomic E-state index is 10.8. The highest BCUT2D eigenvalue weighted by atomic mass is 79.9. The minimum absolute atomic E-state index is 0.00555. The SMILES string of the molecule is Cc1c([N+](=O)[O-])cnc(NCCc2cnc[nH]2)c1Br. The average molecular weight is 326 g/mol. The van der Waals surface area contributed by atoms with Crippen molar-refractivity contribution < 1.29 is 4.92 Å². The summed E-state index contributed by atoms with van der Waals surface area (Å²) in [5.41, 5.74) is 1.58. The van der Waals surface area contributed by atoms with E-state index >= 15 is 0 Å². The summed E-state index contributed by atoms with van der Waals surface area (Å²) in [4.78, 5) is 21.3. The van der Waals surface area contributed by atoms with E-state index in [1.165, 1.54) is 6.20 Å². The highest BCUT2D eigenvalue weighted by molar-refractivity contribution is 9.10. The second-order valence-corrected chi connectivity index (χ2v) is 4.73. The second-order valence-electron chi connectivity index (χ2n) is 3.94. The van der Waals surface area contributed by atoms with Crippen molar-refractivity contribution in [1.82, 2.24) is 15.0 Å². The summed E-state index contributed by atoms with van der Waals surface area (Å²) in [6.45, 7) is 2.34. The van der Waals surface area contributed by atoms with Crippen LogP contribution < -0.4 is 5.32 Å². The van der Waals surface area contributed by atoms with Crippen molar-refractivity contribution >= 4 is 27.4 Å². The number of nitro groups is 1. The smallest absolute Gasteiger partial charge is 0.291 e. The van der Waals surface area contributed by atoms with Crippen LogP contribution in [0.1, 0.15) is 11.3 Å². The Kier molecular flexibility index (Phi) is 4.10. The van der Waals surface area contributed by atoms with E-state index in [2.05, 4.69) is 36.2 Å². The van der Waals surface area contributed by atoms with Gasteiger partial charge in [0.15, 0.2) is 0 Å². The Balaban J connectivity index is 2.05. The van der Waals surface area contributed by atoms with Crippen molar-refractivity contribution in [2.75, 3.05) is 11.9 Å². The zero-order chi connectivity index (χ0) is 13.8. The van der Waals surface area contributed by atoms with E-state index in [1.54, 1.807) is 19.4 Å². The summed E-state index contributed by atoms with van der Waals surface area (Å²) in [5.74, 6) is 0.600. The molecule has 7 nitrogen and oxygen atoms in total. The second kappa shape index (κ2) is 5.79. The van der Waals surface area contributed by atoms with Gasteiger partial charge in [0.2, 0.25) is 0 Å². The van der Waals surface area contributed by atoms with E-state index in [0.29, 0.717) is 22.4 Å². The number of imidazole rings is 1. The van der Waals surface area contributed by atoms with E-state index in [9.17, 15) is 10.1 Å². The fourth-order valence-corrected chi connectivity index (χ4v) is 2.06. The summed E-state index contributed by atoms with van der Waals surface area (Å²) >= 11 is 3.33. The molecule has 100 valence electrons. The van der Waals surface area contributed by atoms with Gasteiger partial charge in [-0.2, -0.15) is 0 Å². The Morgan fingerprint density at radius 1 is 1.53 bits per heavy atom. The van der Waals surface area contributed by atoms with Gasteiger partial charge in [0.05, 0.1) is 15.7 Å². The number of nitrogens with one attached hydrogen (secondary N) is 2. The van der Waals surface area contributed by atoms with E-state index in [1.807, 2.05) is 0 Å². The molecule has 0 spiro atoms. The van der Waals surface area contributed by atoms with Gasteiger partial charge in [-0.25, -0.2) is 9.97 Å². The fraction of sp³-hybridized carbons (Fsp3) is 0.273. The molecular weight excluding hydrogens is 314 g/mol. The van der Waals surface area contributed by atoms with Gasteiger partial charge in [0, 0.05) is 30.4 Å². The number of pyridine rings is 1. The van der Waals surface area contributed by atoms with Crippen molar-refractivity contribution in [1.29, 1.82) is 0 Å². The highest BCUT2D eigenvalue weighted by Gasteiger charge is 2.16. The Labute approximate surface area is 117 Å². The summed E-state index contributed by atoms with van der Waals surface area (Å²) in [7, 11) is 0. The molecule has 2 heterocycles. The predicted octanol–water partition coefficient (Wildman–Crippen LogP) is 2.44. The summed E-state index contributed by atoms with van der Waals surface area (Å²) in [6.07, 6.45) is 5.41. The van der Waals surface area contributed by atoms with Crippen LogP contribution in [0, 0.1) is 17.0 Å². The third-order valence-corrected chi connectivity index (χ3v) is 3.65. The summed E-state index contributed by atoms with van der Waals surface area (Å²) in [5, 5.41) is 13.9. The van der Waals surface area contributed by atoms with E-state index in [-0.39, 0.29) is 5.69 Å². The Hall–Kier alpha value is -1.96. The van der Waals surface area contributed by atoms with Crippen molar-refractivity contribution in [2.24, 2.45) is 0 Å². The number of halogens is 1. The van der Waals surface area contributed by atoms with Gasteiger partial charge in [0.1, 0.15) is 12.0 Å². The molecule has 19 heavy (non-hydrogen) atoms. The summed E-state index contributed by atoms with van der Waals surface area (Å²) < 4.78 is 0.617. The van der Waals surface area contributed by atoms with Crippen LogP contribution in [0.3, 0.4) is 0 Å². The van der Waals surface area contributed by atoms with Crippen LogP contribution in [0.5, 0.6) is 0 Å². The monoisotopic (exact) mass is 325 g/mol. The minimum atomic E-state index is -0.443. The van der Waals surface area contributed by atoms with E-state index in [0.717, 1.165) is 12.1 Å². The zero-order valence-corrected chi connectivity index (χ0v) is 11.8. The molecule has 0 fully saturated rings. The lowest BCUT2D eigenvalue weighted by molar-refractivity contribution is -0.385. The van der Waals surface area contributed by atoms with Crippen molar-refractivity contribution in [3.05, 3.63) is 44.6 Å². The number of rotatable bonds is 5. The van der Waals surface area contributed by atoms with Crippen LogP contribution in [0.2, 0.25) is 0 Å². The third-order valence-electron chi connectivity index (χ3n) is 2.68. The van der Waals surface area contributed by atoms with Crippen LogP contribution in [0.4, 0.5) is 11.5 Å². The molecule has 0 amide bonds. The number of anilines is 1. The largest absolute Gasteiger partial charge is 0.369 e. The van der Waals surface area contributed by atoms with Crippen LogP contribution in [0.15, 0.2) is 23.2 Å². The van der Waals surface area contributed by atoms with E-state index < -0.39 is 4.92 Å². The molecule has 0 radical (unpaired) electrons. The number of nitrogens with zero attached hydrogens (tertiary/aromatic N) is 3. The van der Waals surface area contributed by atoms with Gasteiger partial charge in [0.25, 0.3) is 5.69 Å². The molecule has 8 heteroatoms. The molecule has 2 N–H and O–H groups in total. The molecule has 0 aliphatic carbocycles. The van der Waals surface area contributed by atoms with Crippen molar-refractivity contribution in [3.8, 4) is 0 Å². The average Bonchev–Trinajstić information content (AvgIpc) is 2.87.